The summed E-state index contributed by atoms with van der Waals surface area (Å²) in [7, 11) is 1.70. The highest BCUT2D eigenvalue weighted by molar-refractivity contribution is 4.54. The van der Waals surface area contributed by atoms with E-state index in [9.17, 15) is 0 Å². The van der Waals surface area contributed by atoms with Gasteiger partial charge in [0, 0.05) is 39.8 Å². The summed E-state index contributed by atoms with van der Waals surface area (Å²) in [6, 6.07) is 0. The van der Waals surface area contributed by atoms with Crippen molar-refractivity contribution in [2.75, 3.05) is 52.9 Å². The number of hydrogen-bond acceptors (Lipinski definition) is 5. The third kappa shape index (κ3) is 11.5. The van der Waals surface area contributed by atoms with E-state index in [1.165, 1.54) is 0 Å². The molecule has 0 aliphatic carbocycles. The third-order valence-corrected chi connectivity index (χ3v) is 1.74. The Morgan fingerprint density at radius 3 is 2.00 bits per heavy atom. The zero-order valence-electron chi connectivity index (χ0n) is 9.34. The van der Waals surface area contributed by atoms with Crippen LogP contribution in [0.5, 0.6) is 0 Å². The molecule has 0 saturated heterocycles. The lowest BCUT2D eigenvalue weighted by Gasteiger charge is -2.05. The van der Waals surface area contributed by atoms with Crippen LogP contribution < -0.4 is 16.0 Å². The van der Waals surface area contributed by atoms with E-state index in [1.54, 1.807) is 7.05 Å². The van der Waals surface area contributed by atoms with Gasteiger partial charge in [-0.1, -0.05) is 6.92 Å². The van der Waals surface area contributed by atoms with E-state index >= 15 is 0 Å². The van der Waals surface area contributed by atoms with E-state index < -0.39 is 0 Å². The van der Waals surface area contributed by atoms with Gasteiger partial charge in [0.15, 0.2) is 0 Å². The molecule has 0 spiro atoms. The van der Waals surface area contributed by atoms with Crippen molar-refractivity contribution in [3.8, 4) is 0 Å². The summed E-state index contributed by atoms with van der Waals surface area (Å²) >= 11 is 0. The number of azo groups is 1. The average Bonchev–Trinajstić information content (AvgIpc) is 2.21. The molecule has 0 fully saturated rings. The van der Waals surface area contributed by atoms with Gasteiger partial charge in [0.05, 0.1) is 6.54 Å². The summed E-state index contributed by atoms with van der Waals surface area (Å²) in [6.07, 6.45) is 0. The topological polar surface area (TPSA) is 60.8 Å². The van der Waals surface area contributed by atoms with Crippen molar-refractivity contribution in [3.63, 3.8) is 0 Å². The molecule has 0 aliphatic rings. The maximum Gasteiger partial charge on any atom is 0.0723 e. The fraction of sp³-hybridized carbons (Fsp3) is 1.00. The van der Waals surface area contributed by atoms with E-state index in [0.717, 1.165) is 45.8 Å². The Hall–Kier alpha value is -0.520. The van der Waals surface area contributed by atoms with Crippen molar-refractivity contribution < 1.29 is 0 Å². The lowest BCUT2D eigenvalue weighted by molar-refractivity contribution is 0.588. The van der Waals surface area contributed by atoms with Gasteiger partial charge in [-0.25, -0.2) is 0 Å². The van der Waals surface area contributed by atoms with E-state index in [0.29, 0.717) is 0 Å². The number of nitrogens with zero attached hydrogens (tertiary/aromatic N) is 2. The molecular formula is C9H23N5. The number of hydrogen-bond donors (Lipinski definition) is 3. The molecule has 0 heterocycles. The van der Waals surface area contributed by atoms with Gasteiger partial charge in [0.2, 0.25) is 0 Å². The minimum absolute atomic E-state index is 0.772. The van der Waals surface area contributed by atoms with Gasteiger partial charge < -0.3 is 16.0 Å². The van der Waals surface area contributed by atoms with E-state index in [2.05, 4.69) is 33.1 Å². The first-order valence-electron chi connectivity index (χ1n) is 5.29. The van der Waals surface area contributed by atoms with Crippen LogP contribution in [0.4, 0.5) is 0 Å². The fourth-order valence-corrected chi connectivity index (χ4v) is 1.01. The molecule has 5 heteroatoms. The smallest absolute Gasteiger partial charge is 0.0723 e. The standard InChI is InChI=1S/C9H23N5/c1-3-11-4-5-12-6-7-13-8-9-14-10-2/h11-13H,3-9H2,1-2H3. The molecule has 84 valence electrons. The highest BCUT2D eigenvalue weighted by Crippen LogP contribution is 1.68. The predicted octanol–water partition coefficient (Wildman–Crippen LogP) is -0.143. The first-order valence-corrected chi connectivity index (χ1v) is 5.29. The molecule has 0 aromatic rings. The third-order valence-electron chi connectivity index (χ3n) is 1.74. The van der Waals surface area contributed by atoms with Crippen LogP contribution in [-0.4, -0.2) is 52.9 Å². The quantitative estimate of drug-likeness (QED) is 0.340. The summed E-state index contributed by atoms with van der Waals surface area (Å²) in [4.78, 5) is 0. The predicted molar refractivity (Wildman–Crippen MR) is 59.9 cm³/mol. The molecule has 0 aliphatic heterocycles. The van der Waals surface area contributed by atoms with E-state index in [4.69, 9.17) is 0 Å². The maximum atomic E-state index is 3.86. The van der Waals surface area contributed by atoms with E-state index in [-0.39, 0.29) is 0 Å². The molecule has 0 atom stereocenters. The van der Waals surface area contributed by atoms with Gasteiger partial charge in [-0.05, 0) is 6.54 Å². The molecule has 0 aromatic heterocycles. The van der Waals surface area contributed by atoms with Gasteiger partial charge in [-0.3, -0.25) is 0 Å². The van der Waals surface area contributed by atoms with Gasteiger partial charge in [0.1, 0.15) is 0 Å². The molecule has 0 rings (SSSR count). The van der Waals surface area contributed by atoms with Crippen molar-refractivity contribution in [3.05, 3.63) is 0 Å². The Morgan fingerprint density at radius 2 is 1.43 bits per heavy atom. The molecule has 0 amide bonds. The second-order valence-corrected chi connectivity index (χ2v) is 2.92. The summed E-state index contributed by atoms with van der Waals surface area (Å²) in [5.41, 5.74) is 0. The highest BCUT2D eigenvalue weighted by atomic mass is 15.1. The average molecular weight is 201 g/mol. The van der Waals surface area contributed by atoms with Crippen molar-refractivity contribution in [2.45, 2.75) is 6.92 Å². The first kappa shape index (κ1) is 13.5. The second kappa shape index (κ2) is 12.5. The second-order valence-electron chi connectivity index (χ2n) is 2.92. The zero-order valence-corrected chi connectivity index (χ0v) is 9.34. The van der Waals surface area contributed by atoms with Crippen LogP contribution >= 0.6 is 0 Å². The Kier molecular flexibility index (Phi) is 12.0. The van der Waals surface area contributed by atoms with Crippen LogP contribution in [0.2, 0.25) is 0 Å². The summed E-state index contributed by atoms with van der Waals surface area (Å²) in [5.74, 6) is 0. The van der Waals surface area contributed by atoms with Crippen molar-refractivity contribution in [1.82, 2.24) is 16.0 Å². The number of rotatable bonds is 10. The Balaban J connectivity index is 2.85. The van der Waals surface area contributed by atoms with Crippen LogP contribution in [0, 0.1) is 0 Å². The van der Waals surface area contributed by atoms with Crippen molar-refractivity contribution >= 4 is 0 Å². The molecule has 5 nitrogen and oxygen atoms in total. The maximum absolute atomic E-state index is 3.86. The Morgan fingerprint density at radius 1 is 0.857 bits per heavy atom. The number of likely N-dealkylation sites (N-methyl/N-ethyl adjacent to an activating group) is 1. The summed E-state index contributed by atoms with van der Waals surface area (Å²) in [5, 5.41) is 17.4. The molecular weight excluding hydrogens is 178 g/mol. The van der Waals surface area contributed by atoms with Crippen LogP contribution in [0.15, 0.2) is 10.2 Å². The Bertz CT molecular complexity index is 126. The minimum Gasteiger partial charge on any atom is -0.316 e. The lowest BCUT2D eigenvalue weighted by atomic mass is 10.5. The van der Waals surface area contributed by atoms with Crippen molar-refractivity contribution in [1.29, 1.82) is 0 Å². The number of nitrogens with one attached hydrogen (secondary N) is 3. The van der Waals surface area contributed by atoms with Gasteiger partial charge in [-0.2, -0.15) is 10.2 Å². The van der Waals surface area contributed by atoms with Crippen molar-refractivity contribution in [2.24, 2.45) is 10.2 Å². The van der Waals surface area contributed by atoms with Crippen LogP contribution in [0.3, 0.4) is 0 Å². The van der Waals surface area contributed by atoms with Crippen LogP contribution in [0.25, 0.3) is 0 Å². The normalized spacial score (nSPS) is 11.3. The van der Waals surface area contributed by atoms with Crippen LogP contribution in [-0.2, 0) is 0 Å². The van der Waals surface area contributed by atoms with Gasteiger partial charge in [-0.15, -0.1) is 0 Å². The molecule has 3 N–H and O–H groups in total. The molecule has 0 aromatic carbocycles. The molecule has 0 bridgehead atoms. The largest absolute Gasteiger partial charge is 0.316 e. The fourth-order valence-electron chi connectivity index (χ4n) is 1.01. The summed E-state index contributed by atoms with van der Waals surface area (Å²) < 4.78 is 0. The summed E-state index contributed by atoms with van der Waals surface area (Å²) in [6.45, 7) is 8.91. The molecule has 0 radical (unpaired) electrons. The van der Waals surface area contributed by atoms with Gasteiger partial charge in [0.25, 0.3) is 0 Å². The first-order chi connectivity index (χ1) is 6.91. The molecule has 14 heavy (non-hydrogen) atoms. The molecule has 0 saturated carbocycles. The molecule has 0 unspecified atom stereocenters. The van der Waals surface area contributed by atoms with Crippen LogP contribution in [0.1, 0.15) is 6.92 Å². The van der Waals surface area contributed by atoms with E-state index in [1.807, 2.05) is 0 Å². The Labute approximate surface area is 86.8 Å². The minimum atomic E-state index is 0.772. The van der Waals surface area contributed by atoms with Gasteiger partial charge >= 0.3 is 0 Å². The SMILES string of the molecule is CCNCCNCCNCCN=NC. The zero-order chi connectivity index (χ0) is 10.5. The highest BCUT2D eigenvalue weighted by Gasteiger charge is 1.87. The lowest BCUT2D eigenvalue weighted by Crippen LogP contribution is -2.33. The monoisotopic (exact) mass is 201 g/mol.